The number of anilines is 1. The Balaban J connectivity index is 2.16. The molecule has 0 unspecified atom stereocenters. The lowest BCUT2D eigenvalue weighted by Crippen LogP contribution is -2.35. The molecule has 2 N–H and O–H groups in total. The highest BCUT2D eigenvalue weighted by molar-refractivity contribution is 5.91. The third kappa shape index (κ3) is 3.69. The van der Waals surface area contributed by atoms with Crippen LogP contribution in [-0.4, -0.2) is 48.4 Å². The molecule has 2 amide bonds. The van der Waals surface area contributed by atoms with Gasteiger partial charge >= 0.3 is 18.2 Å². The summed E-state index contributed by atoms with van der Waals surface area (Å²) in [5, 5.41) is 11.2. The number of nitrogens with zero attached hydrogens (tertiary/aromatic N) is 1. The van der Waals surface area contributed by atoms with Crippen molar-refractivity contribution >= 4 is 17.7 Å². The minimum atomic E-state index is -4.74. The zero-order valence-electron chi connectivity index (χ0n) is 12.4. The van der Waals surface area contributed by atoms with E-state index in [0.717, 1.165) is 17.0 Å². The number of nitrogens with one attached hydrogen (secondary N) is 1. The molecule has 24 heavy (non-hydrogen) atoms. The quantitative estimate of drug-likeness (QED) is 0.822. The SMILES string of the molecule is COc1ccc(F)cc1NC(=O)N1C[C@@H](C(F)(F)F)[C@H](C(=O)O)C1. The molecular formula is C14H14F4N2O4. The van der Waals surface area contributed by atoms with Crippen LogP contribution in [-0.2, 0) is 4.79 Å². The average molecular weight is 350 g/mol. The van der Waals surface area contributed by atoms with Crippen molar-refractivity contribution in [2.75, 3.05) is 25.5 Å². The first-order chi connectivity index (χ1) is 11.1. The molecule has 0 radical (unpaired) electrons. The van der Waals surface area contributed by atoms with Crippen molar-refractivity contribution in [3.63, 3.8) is 0 Å². The molecule has 0 spiro atoms. The number of benzene rings is 1. The van der Waals surface area contributed by atoms with Crippen LogP contribution in [0, 0.1) is 17.7 Å². The Morgan fingerprint density at radius 3 is 2.50 bits per heavy atom. The zero-order valence-corrected chi connectivity index (χ0v) is 12.4. The Hall–Kier alpha value is -2.52. The number of alkyl halides is 3. The number of carboxylic acids is 1. The summed E-state index contributed by atoms with van der Waals surface area (Å²) in [6.07, 6.45) is -4.74. The number of methoxy groups -OCH3 is 1. The number of carboxylic acid groups (broad SMARTS) is 1. The van der Waals surface area contributed by atoms with Crippen molar-refractivity contribution in [2.24, 2.45) is 11.8 Å². The van der Waals surface area contributed by atoms with Gasteiger partial charge in [-0.15, -0.1) is 0 Å². The van der Waals surface area contributed by atoms with Crippen LogP contribution < -0.4 is 10.1 Å². The first kappa shape index (κ1) is 17.8. The second kappa shape index (κ2) is 6.54. The average Bonchev–Trinajstić information content (AvgIpc) is 2.93. The minimum absolute atomic E-state index is 0.0650. The lowest BCUT2D eigenvalue weighted by Gasteiger charge is -2.19. The number of carbonyl (C=O) groups excluding carboxylic acids is 1. The van der Waals surface area contributed by atoms with Crippen molar-refractivity contribution in [2.45, 2.75) is 6.18 Å². The van der Waals surface area contributed by atoms with Gasteiger partial charge in [0, 0.05) is 19.2 Å². The topological polar surface area (TPSA) is 78.9 Å². The predicted octanol–water partition coefficient (Wildman–Crippen LogP) is 2.56. The normalized spacial score (nSPS) is 20.8. The van der Waals surface area contributed by atoms with Gasteiger partial charge in [-0.2, -0.15) is 13.2 Å². The van der Waals surface area contributed by atoms with Crippen molar-refractivity contribution in [1.29, 1.82) is 0 Å². The van der Waals surface area contributed by atoms with E-state index in [1.165, 1.54) is 13.2 Å². The molecular weight excluding hydrogens is 336 g/mol. The second-order valence-electron chi connectivity index (χ2n) is 5.27. The summed E-state index contributed by atoms with van der Waals surface area (Å²) in [5.74, 6) is -6.09. The lowest BCUT2D eigenvalue weighted by molar-refractivity contribution is -0.187. The molecule has 1 aromatic carbocycles. The maximum absolute atomic E-state index is 13.3. The van der Waals surface area contributed by atoms with Gasteiger partial charge in [0.05, 0.1) is 24.6 Å². The van der Waals surface area contributed by atoms with Crippen LogP contribution in [0.5, 0.6) is 5.75 Å². The summed E-state index contributed by atoms with van der Waals surface area (Å²) in [6, 6.07) is 2.32. The third-order valence-corrected chi connectivity index (χ3v) is 3.75. The molecule has 0 bridgehead atoms. The minimum Gasteiger partial charge on any atom is -0.495 e. The second-order valence-corrected chi connectivity index (χ2v) is 5.27. The van der Waals surface area contributed by atoms with Crippen LogP contribution in [0.3, 0.4) is 0 Å². The van der Waals surface area contributed by atoms with Gasteiger partial charge in [-0.25, -0.2) is 9.18 Å². The standard InChI is InChI=1S/C14H14F4N2O4/c1-24-11-3-2-7(15)4-10(11)19-13(23)20-5-8(12(21)22)9(6-20)14(16,17)18/h2-4,8-9H,5-6H2,1H3,(H,19,23)(H,21,22)/t8-,9-/m1/s1. The first-order valence-electron chi connectivity index (χ1n) is 6.82. The van der Waals surface area contributed by atoms with E-state index in [0.29, 0.717) is 0 Å². The lowest BCUT2D eigenvalue weighted by atomic mass is 9.96. The summed E-state index contributed by atoms with van der Waals surface area (Å²) in [6.45, 7) is -1.38. The van der Waals surface area contributed by atoms with E-state index in [1.807, 2.05) is 0 Å². The molecule has 1 aromatic rings. The number of amides is 2. The highest BCUT2D eigenvalue weighted by Crippen LogP contribution is 2.38. The summed E-state index contributed by atoms with van der Waals surface area (Å²) in [4.78, 5) is 23.9. The van der Waals surface area contributed by atoms with Gasteiger partial charge < -0.3 is 20.1 Å². The van der Waals surface area contributed by atoms with Gasteiger partial charge in [-0.05, 0) is 12.1 Å². The van der Waals surface area contributed by atoms with Gasteiger partial charge in [-0.1, -0.05) is 0 Å². The molecule has 132 valence electrons. The van der Waals surface area contributed by atoms with Crippen molar-refractivity contribution < 1.29 is 37.0 Å². The summed E-state index contributed by atoms with van der Waals surface area (Å²) in [5.41, 5.74) is -0.0650. The van der Waals surface area contributed by atoms with Crippen molar-refractivity contribution in [3.05, 3.63) is 24.0 Å². The van der Waals surface area contributed by atoms with Crippen LogP contribution in [0.4, 0.5) is 28.0 Å². The molecule has 1 fully saturated rings. The van der Waals surface area contributed by atoms with Crippen LogP contribution >= 0.6 is 0 Å². The smallest absolute Gasteiger partial charge is 0.394 e. The van der Waals surface area contributed by atoms with Gasteiger partial charge in [0.15, 0.2) is 0 Å². The van der Waals surface area contributed by atoms with E-state index in [-0.39, 0.29) is 11.4 Å². The molecule has 1 saturated heterocycles. The van der Waals surface area contributed by atoms with Gasteiger partial charge in [0.2, 0.25) is 0 Å². The van der Waals surface area contributed by atoms with E-state index in [4.69, 9.17) is 9.84 Å². The number of hydrogen-bond acceptors (Lipinski definition) is 3. The molecule has 1 aliphatic heterocycles. The zero-order chi connectivity index (χ0) is 18.1. The predicted molar refractivity (Wildman–Crippen MR) is 74.2 cm³/mol. The molecule has 0 aromatic heterocycles. The summed E-state index contributed by atoms with van der Waals surface area (Å²) >= 11 is 0. The number of aliphatic carboxylic acids is 1. The van der Waals surface area contributed by atoms with Gasteiger partial charge in [0.1, 0.15) is 11.6 Å². The van der Waals surface area contributed by atoms with Crippen LogP contribution in [0.15, 0.2) is 18.2 Å². The molecule has 1 heterocycles. The van der Waals surface area contributed by atoms with E-state index in [2.05, 4.69) is 5.32 Å². The third-order valence-electron chi connectivity index (χ3n) is 3.75. The van der Waals surface area contributed by atoms with Gasteiger partial charge in [0.25, 0.3) is 0 Å². The largest absolute Gasteiger partial charge is 0.495 e. The number of carbonyl (C=O) groups is 2. The highest BCUT2D eigenvalue weighted by Gasteiger charge is 2.53. The molecule has 10 heteroatoms. The molecule has 0 aliphatic carbocycles. The Labute approximate surface area is 134 Å². The van der Waals surface area contributed by atoms with E-state index in [9.17, 15) is 27.2 Å². The maximum atomic E-state index is 13.3. The maximum Gasteiger partial charge on any atom is 0.394 e. The number of hydrogen-bond donors (Lipinski definition) is 2. The Kier molecular flexibility index (Phi) is 4.86. The van der Waals surface area contributed by atoms with Gasteiger partial charge in [-0.3, -0.25) is 4.79 Å². The first-order valence-corrected chi connectivity index (χ1v) is 6.82. The molecule has 6 nitrogen and oxygen atoms in total. The monoisotopic (exact) mass is 350 g/mol. The van der Waals surface area contributed by atoms with Crippen LogP contribution in [0.2, 0.25) is 0 Å². The number of likely N-dealkylation sites (tertiary alicyclic amines) is 1. The van der Waals surface area contributed by atoms with Crippen LogP contribution in [0.25, 0.3) is 0 Å². The molecule has 0 saturated carbocycles. The van der Waals surface area contributed by atoms with Crippen LogP contribution in [0.1, 0.15) is 0 Å². The molecule has 1 aliphatic rings. The van der Waals surface area contributed by atoms with E-state index in [1.54, 1.807) is 0 Å². The number of rotatable bonds is 3. The van der Waals surface area contributed by atoms with Crippen molar-refractivity contribution in [3.8, 4) is 5.75 Å². The fourth-order valence-corrected chi connectivity index (χ4v) is 2.52. The highest BCUT2D eigenvalue weighted by atomic mass is 19.4. The Bertz CT molecular complexity index is 650. The Morgan fingerprint density at radius 2 is 2.00 bits per heavy atom. The summed E-state index contributed by atoms with van der Waals surface area (Å²) in [7, 11) is 1.28. The van der Waals surface area contributed by atoms with E-state index >= 15 is 0 Å². The number of urea groups is 1. The fourth-order valence-electron chi connectivity index (χ4n) is 2.52. The number of ether oxygens (including phenoxy) is 1. The molecule has 2 atom stereocenters. The van der Waals surface area contributed by atoms with E-state index < -0.39 is 48.9 Å². The summed E-state index contributed by atoms with van der Waals surface area (Å²) < 4.78 is 56.9. The number of halogens is 4. The fraction of sp³-hybridized carbons (Fsp3) is 0.429. The van der Waals surface area contributed by atoms with Crippen molar-refractivity contribution in [1.82, 2.24) is 4.90 Å². The Morgan fingerprint density at radius 1 is 1.33 bits per heavy atom. The molecule has 2 rings (SSSR count).